The number of likely N-dealkylation sites (tertiary alicyclic amines) is 1. The van der Waals surface area contributed by atoms with E-state index in [0.717, 1.165) is 29.9 Å². The summed E-state index contributed by atoms with van der Waals surface area (Å²) in [5.41, 5.74) is 0.743. The molecule has 0 unspecified atom stereocenters. The monoisotopic (exact) mass is 482 g/mol. The number of rotatable bonds is 4. The van der Waals surface area contributed by atoms with Crippen LogP contribution in [0.1, 0.15) is 29.0 Å². The Hall–Kier alpha value is -3.45. The number of hydrogen-bond donors (Lipinski definition) is 0. The molecule has 5 heterocycles. The average Bonchev–Trinajstić information content (AvgIpc) is 3.18. The molecular formula is C20H19F5N8O. The predicted octanol–water partition coefficient (Wildman–Crippen LogP) is 2.64. The van der Waals surface area contributed by atoms with E-state index in [1.54, 1.807) is 11.1 Å². The maximum absolute atomic E-state index is 12.8. The van der Waals surface area contributed by atoms with E-state index in [1.165, 1.54) is 6.20 Å². The van der Waals surface area contributed by atoms with Crippen molar-refractivity contribution in [1.29, 1.82) is 0 Å². The zero-order chi connectivity index (χ0) is 24.1. The van der Waals surface area contributed by atoms with Crippen LogP contribution in [0, 0.1) is 5.41 Å². The number of alkyl halides is 5. The molecule has 5 rings (SSSR count). The zero-order valence-corrected chi connectivity index (χ0v) is 17.7. The molecule has 180 valence electrons. The van der Waals surface area contributed by atoms with Crippen LogP contribution in [0.15, 0.2) is 24.8 Å². The highest BCUT2D eigenvalue weighted by molar-refractivity contribution is 5.93. The second-order valence-corrected chi connectivity index (χ2v) is 8.60. The summed E-state index contributed by atoms with van der Waals surface area (Å²) < 4.78 is 64.5. The third kappa shape index (κ3) is 4.12. The van der Waals surface area contributed by atoms with Crippen molar-refractivity contribution in [3.63, 3.8) is 0 Å². The fraction of sp³-hybridized carbons (Fsp3) is 0.500. The minimum atomic E-state index is -4.66. The third-order valence-corrected chi connectivity index (χ3v) is 6.28. The highest BCUT2D eigenvalue weighted by atomic mass is 19.4. The van der Waals surface area contributed by atoms with Gasteiger partial charge in [0.05, 0.1) is 18.0 Å². The molecule has 1 amide bonds. The number of aromatic nitrogens is 6. The highest BCUT2D eigenvalue weighted by Gasteiger charge is 2.46. The summed E-state index contributed by atoms with van der Waals surface area (Å²) in [4.78, 5) is 31.5. The predicted molar refractivity (Wildman–Crippen MR) is 108 cm³/mol. The fourth-order valence-corrected chi connectivity index (χ4v) is 4.45. The molecule has 14 heteroatoms. The summed E-state index contributed by atoms with van der Waals surface area (Å²) in [7, 11) is 0. The van der Waals surface area contributed by atoms with Gasteiger partial charge in [0.1, 0.15) is 17.9 Å². The summed E-state index contributed by atoms with van der Waals surface area (Å²) in [6.45, 7) is 1.72. The number of fused-ring (bicyclic) bond motifs is 1. The number of nitrogens with zero attached hydrogens (tertiary/aromatic N) is 8. The maximum atomic E-state index is 12.8. The van der Waals surface area contributed by atoms with E-state index in [4.69, 9.17) is 0 Å². The SMILES string of the molecule is O=C(c1cnc(C(F)(F)F)nc1)N1CCC2(CC1)CN(c1cnc3cnn(CC(F)F)c3n1)C2. The van der Waals surface area contributed by atoms with E-state index in [1.807, 2.05) is 4.90 Å². The Morgan fingerprint density at radius 2 is 1.71 bits per heavy atom. The quantitative estimate of drug-likeness (QED) is 0.528. The molecule has 0 N–H and O–H groups in total. The van der Waals surface area contributed by atoms with Crippen molar-refractivity contribution in [3.05, 3.63) is 36.2 Å². The Labute approximate surface area is 189 Å². The van der Waals surface area contributed by atoms with Crippen molar-refractivity contribution < 1.29 is 26.7 Å². The molecule has 0 radical (unpaired) electrons. The van der Waals surface area contributed by atoms with Crippen molar-refractivity contribution in [2.45, 2.75) is 32.0 Å². The van der Waals surface area contributed by atoms with E-state index in [-0.39, 0.29) is 11.0 Å². The minimum absolute atomic E-state index is 0.0168. The van der Waals surface area contributed by atoms with E-state index < -0.39 is 30.9 Å². The van der Waals surface area contributed by atoms with Crippen LogP contribution in [0.25, 0.3) is 11.2 Å². The lowest BCUT2D eigenvalue weighted by molar-refractivity contribution is -0.145. The molecule has 0 aliphatic carbocycles. The van der Waals surface area contributed by atoms with Gasteiger partial charge in [0.25, 0.3) is 12.3 Å². The van der Waals surface area contributed by atoms with E-state index in [9.17, 15) is 26.7 Å². The topological polar surface area (TPSA) is 92.9 Å². The number of hydrogen-bond acceptors (Lipinski definition) is 7. The first-order valence-corrected chi connectivity index (χ1v) is 10.5. The van der Waals surface area contributed by atoms with E-state index in [0.29, 0.717) is 43.2 Å². The Morgan fingerprint density at radius 3 is 2.32 bits per heavy atom. The normalized spacial score (nSPS) is 18.1. The second kappa shape index (κ2) is 8.09. The molecule has 0 saturated carbocycles. The first kappa shape index (κ1) is 22.3. The standard InChI is InChI=1S/C20H19F5N8O/c21-14(22)9-33-16-13(7-29-33)26-8-15(30-16)32-10-19(11-32)1-3-31(4-2-19)17(34)12-5-27-18(28-6-12)20(23,24)25/h5-8,14H,1-4,9-11H2. The molecule has 34 heavy (non-hydrogen) atoms. The first-order valence-electron chi connectivity index (χ1n) is 10.5. The molecule has 2 fully saturated rings. The van der Waals surface area contributed by atoms with Crippen LogP contribution in [0.5, 0.6) is 0 Å². The minimum Gasteiger partial charge on any atom is -0.354 e. The summed E-state index contributed by atoms with van der Waals surface area (Å²) in [6, 6.07) is 0. The van der Waals surface area contributed by atoms with Crippen molar-refractivity contribution in [2.24, 2.45) is 5.41 Å². The van der Waals surface area contributed by atoms with E-state index in [2.05, 4.69) is 25.0 Å². The highest BCUT2D eigenvalue weighted by Crippen LogP contribution is 2.42. The van der Waals surface area contributed by atoms with Gasteiger partial charge >= 0.3 is 6.18 Å². The summed E-state index contributed by atoms with van der Waals surface area (Å²) >= 11 is 0. The first-order chi connectivity index (χ1) is 16.1. The number of carbonyl (C=O) groups is 1. The van der Waals surface area contributed by atoms with E-state index >= 15 is 0 Å². The second-order valence-electron chi connectivity index (χ2n) is 8.60. The lowest BCUT2D eigenvalue weighted by Gasteiger charge is -2.54. The van der Waals surface area contributed by atoms with Crippen LogP contribution in [-0.2, 0) is 12.7 Å². The van der Waals surface area contributed by atoms with Crippen LogP contribution in [0.3, 0.4) is 0 Å². The lowest BCUT2D eigenvalue weighted by atomic mass is 9.72. The summed E-state index contributed by atoms with van der Waals surface area (Å²) in [5, 5.41) is 3.92. The summed E-state index contributed by atoms with van der Waals surface area (Å²) in [5.74, 6) is -1.10. The van der Waals surface area contributed by atoms with Gasteiger partial charge in [0, 0.05) is 44.0 Å². The molecule has 3 aromatic heterocycles. The van der Waals surface area contributed by atoms with Crippen molar-refractivity contribution in [3.8, 4) is 0 Å². The molecule has 2 saturated heterocycles. The van der Waals surface area contributed by atoms with Gasteiger partial charge in [0.15, 0.2) is 5.65 Å². The van der Waals surface area contributed by atoms with Crippen LogP contribution in [0.2, 0.25) is 0 Å². The third-order valence-electron chi connectivity index (χ3n) is 6.28. The number of carbonyl (C=O) groups excluding carboxylic acids is 1. The number of amides is 1. The van der Waals surface area contributed by atoms with Crippen molar-refractivity contribution in [1.82, 2.24) is 34.6 Å². The average molecular weight is 482 g/mol. The molecule has 0 bridgehead atoms. The molecular weight excluding hydrogens is 463 g/mol. The Kier molecular flexibility index (Phi) is 5.32. The molecule has 0 aromatic carbocycles. The van der Waals surface area contributed by atoms with Gasteiger partial charge in [-0.25, -0.2) is 33.4 Å². The molecule has 3 aromatic rings. The Morgan fingerprint density at radius 1 is 1.03 bits per heavy atom. The van der Waals surface area contributed by atoms with Gasteiger partial charge in [-0.1, -0.05) is 0 Å². The van der Waals surface area contributed by atoms with Gasteiger partial charge in [-0.2, -0.15) is 18.3 Å². The maximum Gasteiger partial charge on any atom is 0.451 e. The van der Waals surface area contributed by atoms with Crippen LogP contribution < -0.4 is 4.90 Å². The van der Waals surface area contributed by atoms with Gasteiger partial charge in [-0.05, 0) is 12.8 Å². The Bertz CT molecular complexity index is 1200. The fourth-order valence-electron chi connectivity index (χ4n) is 4.45. The molecule has 9 nitrogen and oxygen atoms in total. The van der Waals surface area contributed by atoms with Gasteiger partial charge in [-0.15, -0.1) is 0 Å². The van der Waals surface area contributed by atoms with Crippen LogP contribution >= 0.6 is 0 Å². The number of anilines is 1. The Balaban J connectivity index is 1.20. The van der Waals surface area contributed by atoms with Crippen LogP contribution in [-0.4, -0.2) is 73.1 Å². The van der Waals surface area contributed by atoms with Gasteiger partial charge in [-0.3, -0.25) is 4.79 Å². The summed E-state index contributed by atoms with van der Waals surface area (Å²) in [6.07, 6.45) is -0.976. The molecule has 2 aliphatic heterocycles. The van der Waals surface area contributed by atoms with Gasteiger partial charge < -0.3 is 9.80 Å². The van der Waals surface area contributed by atoms with Gasteiger partial charge in [0.2, 0.25) is 5.82 Å². The molecule has 2 aliphatic rings. The zero-order valence-electron chi connectivity index (χ0n) is 17.7. The smallest absolute Gasteiger partial charge is 0.354 e. The molecule has 1 spiro atoms. The van der Waals surface area contributed by atoms with Crippen LogP contribution in [0.4, 0.5) is 27.8 Å². The molecule has 0 atom stereocenters. The lowest BCUT2D eigenvalue weighted by Crippen LogP contribution is -2.61. The number of halogens is 5. The number of piperidine rings is 1. The van der Waals surface area contributed by atoms with Crippen molar-refractivity contribution in [2.75, 3.05) is 31.1 Å². The largest absolute Gasteiger partial charge is 0.451 e. The van der Waals surface area contributed by atoms with Crippen molar-refractivity contribution >= 4 is 22.9 Å².